The summed E-state index contributed by atoms with van der Waals surface area (Å²) in [6.45, 7) is 0. The number of nitrogens with zero attached hydrogens (tertiary/aromatic N) is 4. The molecule has 0 bridgehead atoms. The Hall–Kier alpha value is -2.18. The molecular formula is C12H12N4O. The van der Waals surface area contributed by atoms with Crippen LogP contribution in [-0.4, -0.2) is 6.10 Å². The Morgan fingerprint density at radius 3 is 2.82 bits per heavy atom. The molecule has 2 rings (SSSR count). The van der Waals surface area contributed by atoms with Gasteiger partial charge in [-0.3, -0.25) is 0 Å². The van der Waals surface area contributed by atoms with E-state index in [1.165, 1.54) is 12.8 Å². The van der Waals surface area contributed by atoms with Gasteiger partial charge in [-0.15, -0.1) is 0 Å². The summed E-state index contributed by atoms with van der Waals surface area (Å²) >= 11 is 0. The van der Waals surface area contributed by atoms with Crippen molar-refractivity contribution in [1.29, 1.82) is 5.26 Å². The molecule has 1 aromatic carbocycles. The molecular weight excluding hydrogens is 216 g/mol. The molecule has 1 aromatic rings. The number of nitriles is 1. The molecule has 1 saturated carbocycles. The second-order valence-electron chi connectivity index (χ2n) is 4.01. The molecule has 0 saturated heterocycles. The van der Waals surface area contributed by atoms with Gasteiger partial charge in [0.2, 0.25) is 0 Å². The van der Waals surface area contributed by atoms with Crippen LogP contribution in [0.25, 0.3) is 10.4 Å². The monoisotopic (exact) mass is 228 g/mol. The van der Waals surface area contributed by atoms with E-state index in [1.807, 2.05) is 0 Å². The summed E-state index contributed by atoms with van der Waals surface area (Å²) in [5.41, 5.74) is 9.18. The van der Waals surface area contributed by atoms with Gasteiger partial charge in [-0.05, 0) is 49.4 Å². The SMILES string of the molecule is N#Cc1cc(N=[N+]=[N-])ccc1OC1CCCC1. The molecule has 5 nitrogen and oxygen atoms in total. The lowest BCUT2D eigenvalue weighted by Gasteiger charge is -2.14. The van der Waals surface area contributed by atoms with Crippen molar-refractivity contribution >= 4 is 5.69 Å². The number of azide groups is 1. The van der Waals surface area contributed by atoms with E-state index in [1.54, 1.807) is 18.2 Å². The number of rotatable bonds is 3. The zero-order valence-electron chi connectivity index (χ0n) is 9.33. The largest absolute Gasteiger partial charge is 0.489 e. The van der Waals surface area contributed by atoms with Crippen molar-refractivity contribution in [2.24, 2.45) is 5.11 Å². The van der Waals surface area contributed by atoms with Gasteiger partial charge < -0.3 is 4.74 Å². The van der Waals surface area contributed by atoms with E-state index < -0.39 is 0 Å². The lowest BCUT2D eigenvalue weighted by molar-refractivity contribution is 0.209. The maximum absolute atomic E-state index is 9.02. The molecule has 0 radical (unpaired) electrons. The van der Waals surface area contributed by atoms with Crippen LogP contribution < -0.4 is 4.74 Å². The third kappa shape index (κ3) is 2.68. The van der Waals surface area contributed by atoms with Gasteiger partial charge >= 0.3 is 0 Å². The summed E-state index contributed by atoms with van der Waals surface area (Å²) in [5, 5.41) is 12.5. The van der Waals surface area contributed by atoms with Crippen molar-refractivity contribution < 1.29 is 4.74 Å². The predicted molar refractivity (Wildman–Crippen MR) is 62.8 cm³/mol. The number of benzene rings is 1. The van der Waals surface area contributed by atoms with Gasteiger partial charge in [-0.25, -0.2) is 0 Å². The first-order chi connectivity index (χ1) is 8.33. The molecule has 0 atom stereocenters. The lowest BCUT2D eigenvalue weighted by Crippen LogP contribution is -2.11. The van der Waals surface area contributed by atoms with E-state index in [9.17, 15) is 0 Å². The van der Waals surface area contributed by atoms with Gasteiger partial charge in [0.05, 0.1) is 11.7 Å². The third-order valence-electron chi connectivity index (χ3n) is 2.84. The van der Waals surface area contributed by atoms with Gasteiger partial charge in [0.15, 0.2) is 0 Å². The van der Waals surface area contributed by atoms with Crippen LogP contribution >= 0.6 is 0 Å². The van der Waals surface area contributed by atoms with Crippen molar-refractivity contribution in [2.75, 3.05) is 0 Å². The molecule has 1 fully saturated rings. The van der Waals surface area contributed by atoms with Crippen molar-refractivity contribution in [3.05, 3.63) is 34.2 Å². The van der Waals surface area contributed by atoms with Crippen molar-refractivity contribution in [2.45, 2.75) is 31.8 Å². The van der Waals surface area contributed by atoms with Gasteiger partial charge in [-0.2, -0.15) is 5.26 Å². The molecule has 0 heterocycles. The molecule has 0 unspecified atom stereocenters. The third-order valence-corrected chi connectivity index (χ3v) is 2.84. The highest BCUT2D eigenvalue weighted by Crippen LogP contribution is 2.28. The van der Waals surface area contributed by atoms with Crippen LogP contribution in [0.2, 0.25) is 0 Å². The van der Waals surface area contributed by atoms with E-state index in [0.29, 0.717) is 17.0 Å². The zero-order valence-corrected chi connectivity index (χ0v) is 9.33. The molecule has 0 aromatic heterocycles. The van der Waals surface area contributed by atoms with E-state index >= 15 is 0 Å². The van der Waals surface area contributed by atoms with Gasteiger partial charge in [0.25, 0.3) is 0 Å². The van der Waals surface area contributed by atoms with Crippen LogP contribution in [0.3, 0.4) is 0 Å². The topological polar surface area (TPSA) is 81.8 Å². The van der Waals surface area contributed by atoms with Crippen molar-refractivity contribution in [3.63, 3.8) is 0 Å². The van der Waals surface area contributed by atoms with Crippen LogP contribution in [-0.2, 0) is 0 Å². The first-order valence-electron chi connectivity index (χ1n) is 5.59. The molecule has 0 N–H and O–H groups in total. The Labute approximate surface area is 99.3 Å². The Balaban J connectivity index is 2.21. The highest BCUT2D eigenvalue weighted by Gasteiger charge is 2.17. The lowest BCUT2D eigenvalue weighted by atomic mass is 10.2. The molecule has 0 amide bonds. The first-order valence-corrected chi connectivity index (χ1v) is 5.59. The smallest absolute Gasteiger partial charge is 0.137 e. The Morgan fingerprint density at radius 1 is 1.41 bits per heavy atom. The number of ether oxygens (including phenoxy) is 1. The molecule has 1 aliphatic rings. The average Bonchev–Trinajstić information content (AvgIpc) is 2.84. The predicted octanol–water partition coefficient (Wildman–Crippen LogP) is 3.82. The van der Waals surface area contributed by atoms with Gasteiger partial charge in [0, 0.05) is 10.6 Å². The summed E-state index contributed by atoms with van der Waals surface area (Å²) in [5.74, 6) is 0.580. The van der Waals surface area contributed by atoms with Crippen LogP contribution in [0.4, 0.5) is 5.69 Å². The van der Waals surface area contributed by atoms with Crippen molar-refractivity contribution in [1.82, 2.24) is 0 Å². The normalized spacial score (nSPS) is 15.0. The van der Waals surface area contributed by atoms with Crippen LogP contribution in [0.15, 0.2) is 23.3 Å². The first kappa shape index (κ1) is 11.3. The van der Waals surface area contributed by atoms with E-state index in [4.69, 9.17) is 15.5 Å². The number of hydrogen-bond donors (Lipinski definition) is 0. The van der Waals surface area contributed by atoms with E-state index in [-0.39, 0.29) is 6.10 Å². The summed E-state index contributed by atoms with van der Waals surface area (Å²) in [6, 6.07) is 6.96. The minimum absolute atomic E-state index is 0.215. The van der Waals surface area contributed by atoms with Gasteiger partial charge in [-0.1, -0.05) is 5.11 Å². The highest BCUT2D eigenvalue weighted by atomic mass is 16.5. The summed E-state index contributed by atoms with van der Waals surface area (Å²) in [7, 11) is 0. The maximum Gasteiger partial charge on any atom is 0.137 e. The number of hydrogen-bond acceptors (Lipinski definition) is 3. The summed E-state index contributed by atoms with van der Waals surface area (Å²) < 4.78 is 5.77. The fourth-order valence-corrected chi connectivity index (χ4v) is 2.01. The minimum Gasteiger partial charge on any atom is -0.489 e. The fraction of sp³-hybridized carbons (Fsp3) is 0.417. The second-order valence-corrected chi connectivity index (χ2v) is 4.01. The molecule has 0 spiro atoms. The molecule has 0 aliphatic heterocycles. The molecule has 17 heavy (non-hydrogen) atoms. The Morgan fingerprint density at radius 2 is 2.18 bits per heavy atom. The standard InChI is InChI=1S/C12H12N4O/c13-8-9-7-10(15-16-14)5-6-12(9)17-11-3-1-2-4-11/h5-7,11H,1-4H2. The van der Waals surface area contributed by atoms with Gasteiger partial charge in [0.1, 0.15) is 11.8 Å². The van der Waals surface area contributed by atoms with E-state index in [2.05, 4.69) is 16.1 Å². The molecule has 1 aliphatic carbocycles. The summed E-state index contributed by atoms with van der Waals surface area (Å²) in [6.07, 6.45) is 4.67. The average molecular weight is 228 g/mol. The molecule has 5 heteroatoms. The highest BCUT2D eigenvalue weighted by molar-refractivity contribution is 5.52. The summed E-state index contributed by atoms with van der Waals surface area (Å²) in [4.78, 5) is 2.69. The Kier molecular flexibility index (Phi) is 3.49. The minimum atomic E-state index is 0.215. The maximum atomic E-state index is 9.02. The fourth-order valence-electron chi connectivity index (χ4n) is 2.01. The molecule has 86 valence electrons. The Bertz CT molecular complexity index is 494. The van der Waals surface area contributed by atoms with Crippen LogP contribution in [0, 0.1) is 11.3 Å². The quantitative estimate of drug-likeness (QED) is 0.447. The van der Waals surface area contributed by atoms with Crippen molar-refractivity contribution in [3.8, 4) is 11.8 Å². The van der Waals surface area contributed by atoms with Crippen LogP contribution in [0.5, 0.6) is 5.75 Å². The second kappa shape index (κ2) is 5.24. The van der Waals surface area contributed by atoms with Crippen LogP contribution in [0.1, 0.15) is 31.2 Å². The zero-order chi connectivity index (χ0) is 12.1. The van der Waals surface area contributed by atoms with E-state index in [0.717, 1.165) is 12.8 Å².